The van der Waals surface area contributed by atoms with Crippen LogP contribution in [0.4, 0.5) is 10.5 Å². The number of rotatable bonds is 12. The molecule has 0 radical (unpaired) electrons. The van der Waals surface area contributed by atoms with Gasteiger partial charge >= 0.3 is 6.03 Å². The molecular weight excluding hydrogens is 402 g/mol. The number of amides is 2. The molecule has 6 nitrogen and oxygen atoms in total. The molecule has 0 bridgehead atoms. The molecule has 1 aliphatic heterocycles. The molecule has 174 valence electrons. The van der Waals surface area contributed by atoms with Crippen LogP contribution in [0.1, 0.15) is 45.6 Å². The second kappa shape index (κ2) is 11.3. The second-order valence-electron chi connectivity index (χ2n) is 9.17. The highest BCUT2D eigenvalue weighted by Crippen LogP contribution is 2.25. The zero-order valence-corrected chi connectivity index (χ0v) is 19.5. The average molecular weight is 440 g/mol. The SMILES string of the molecule is CCCc1ccccc1OCC(O)CNC(C)(C)CCC1CNC(=O)N1c1ccccc1. The van der Waals surface area contributed by atoms with Crippen molar-refractivity contribution >= 4 is 11.7 Å². The Balaban J connectivity index is 1.45. The summed E-state index contributed by atoms with van der Waals surface area (Å²) in [5.41, 5.74) is 1.93. The number of benzene rings is 2. The predicted molar refractivity (Wildman–Crippen MR) is 129 cm³/mol. The fourth-order valence-electron chi connectivity index (χ4n) is 4.07. The van der Waals surface area contributed by atoms with Gasteiger partial charge in [-0.3, -0.25) is 4.90 Å². The van der Waals surface area contributed by atoms with Gasteiger partial charge in [0.25, 0.3) is 0 Å². The first kappa shape index (κ1) is 24.1. The van der Waals surface area contributed by atoms with E-state index in [4.69, 9.17) is 4.74 Å². The Kier molecular flexibility index (Phi) is 8.53. The van der Waals surface area contributed by atoms with E-state index in [-0.39, 0.29) is 24.2 Å². The number of carbonyl (C=O) groups excluding carboxylic acids is 1. The van der Waals surface area contributed by atoms with E-state index in [9.17, 15) is 9.90 Å². The minimum absolute atomic E-state index is 0.0390. The average Bonchev–Trinajstić information content (AvgIpc) is 3.17. The first-order valence-electron chi connectivity index (χ1n) is 11.7. The summed E-state index contributed by atoms with van der Waals surface area (Å²) in [5, 5.41) is 16.9. The maximum Gasteiger partial charge on any atom is 0.322 e. The van der Waals surface area contributed by atoms with Crippen molar-refractivity contribution in [1.29, 1.82) is 0 Å². The van der Waals surface area contributed by atoms with Gasteiger partial charge in [0.15, 0.2) is 0 Å². The van der Waals surface area contributed by atoms with Gasteiger partial charge in [0, 0.05) is 24.3 Å². The van der Waals surface area contributed by atoms with Crippen LogP contribution in [-0.4, -0.2) is 48.5 Å². The minimum atomic E-state index is -0.598. The number of carbonyl (C=O) groups is 1. The number of ether oxygens (including phenoxy) is 1. The number of aliphatic hydroxyl groups is 1. The summed E-state index contributed by atoms with van der Waals surface area (Å²) in [6.07, 6.45) is 3.17. The molecular formula is C26H37N3O3. The van der Waals surface area contributed by atoms with Crippen LogP contribution < -0.4 is 20.3 Å². The van der Waals surface area contributed by atoms with E-state index < -0.39 is 6.10 Å². The number of nitrogens with one attached hydrogen (secondary N) is 2. The van der Waals surface area contributed by atoms with Crippen molar-refractivity contribution in [2.75, 3.05) is 24.6 Å². The maximum absolute atomic E-state index is 12.3. The molecule has 3 rings (SSSR count). The van der Waals surface area contributed by atoms with Crippen molar-refractivity contribution in [1.82, 2.24) is 10.6 Å². The number of urea groups is 1. The molecule has 0 spiro atoms. The lowest BCUT2D eigenvalue weighted by atomic mass is 9.94. The van der Waals surface area contributed by atoms with Crippen LogP contribution in [0.5, 0.6) is 5.75 Å². The monoisotopic (exact) mass is 439 g/mol. The molecule has 32 heavy (non-hydrogen) atoms. The lowest BCUT2D eigenvalue weighted by Crippen LogP contribution is -2.46. The van der Waals surface area contributed by atoms with Gasteiger partial charge in [-0.1, -0.05) is 49.7 Å². The summed E-state index contributed by atoms with van der Waals surface area (Å²) in [6, 6.07) is 17.9. The first-order valence-corrected chi connectivity index (χ1v) is 11.7. The van der Waals surface area contributed by atoms with Crippen LogP contribution in [0.25, 0.3) is 0 Å². The highest BCUT2D eigenvalue weighted by Gasteiger charge is 2.33. The van der Waals surface area contributed by atoms with Crippen molar-refractivity contribution in [3.63, 3.8) is 0 Å². The van der Waals surface area contributed by atoms with E-state index in [0.29, 0.717) is 13.1 Å². The zero-order chi connectivity index (χ0) is 23.0. The Morgan fingerprint density at radius 1 is 1.19 bits per heavy atom. The van der Waals surface area contributed by atoms with Gasteiger partial charge in [-0.05, 0) is 56.9 Å². The van der Waals surface area contributed by atoms with E-state index in [0.717, 1.165) is 37.1 Å². The van der Waals surface area contributed by atoms with E-state index >= 15 is 0 Å². The standard InChI is InChI=1S/C26H37N3O3/c1-4-10-20-11-8-9-14-24(20)32-19-23(30)18-28-26(2,3)16-15-22-17-27-25(31)29(22)21-12-6-5-7-13-21/h5-9,11-14,22-23,28,30H,4,10,15-19H2,1-3H3,(H,27,31). The lowest BCUT2D eigenvalue weighted by Gasteiger charge is -2.31. The minimum Gasteiger partial charge on any atom is -0.491 e. The molecule has 6 heteroatoms. The maximum atomic E-state index is 12.3. The van der Waals surface area contributed by atoms with E-state index in [1.807, 2.05) is 53.4 Å². The van der Waals surface area contributed by atoms with Gasteiger partial charge in [-0.15, -0.1) is 0 Å². The Hall–Kier alpha value is -2.57. The number of nitrogens with zero attached hydrogens (tertiary/aromatic N) is 1. The fourth-order valence-corrected chi connectivity index (χ4v) is 4.07. The normalized spacial score (nSPS) is 17.3. The molecule has 0 saturated carbocycles. The first-order chi connectivity index (χ1) is 15.4. The van der Waals surface area contributed by atoms with Crippen LogP contribution in [0.2, 0.25) is 0 Å². The smallest absolute Gasteiger partial charge is 0.322 e. The Morgan fingerprint density at radius 2 is 1.91 bits per heavy atom. The van der Waals surface area contributed by atoms with Crippen molar-refractivity contribution in [2.24, 2.45) is 0 Å². The van der Waals surface area contributed by atoms with Crippen molar-refractivity contribution in [3.8, 4) is 5.75 Å². The highest BCUT2D eigenvalue weighted by molar-refractivity contribution is 5.94. The third kappa shape index (κ3) is 6.71. The molecule has 2 aromatic carbocycles. The Bertz CT molecular complexity index is 856. The van der Waals surface area contributed by atoms with Gasteiger partial charge < -0.3 is 20.5 Å². The van der Waals surface area contributed by atoms with Crippen molar-refractivity contribution in [2.45, 2.75) is 64.1 Å². The quantitative estimate of drug-likeness (QED) is 0.465. The van der Waals surface area contributed by atoms with Gasteiger partial charge in [0.1, 0.15) is 18.5 Å². The largest absolute Gasteiger partial charge is 0.491 e. The number of hydrogen-bond donors (Lipinski definition) is 3. The second-order valence-corrected chi connectivity index (χ2v) is 9.17. The molecule has 1 aliphatic rings. The Morgan fingerprint density at radius 3 is 2.66 bits per heavy atom. The molecule has 1 heterocycles. The molecule has 2 aromatic rings. The number of aliphatic hydroxyl groups excluding tert-OH is 1. The van der Waals surface area contributed by atoms with Gasteiger partial charge in [0.2, 0.25) is 0 Å². The summed E-state index contributed by atoms with van der Waals surface area (Å²) in [6.45, 7) is 7.77. The fraction of sp³-hybridized carbons (Fsp3) is 0.500. The molecule has 3 N–H and O–H groups in total. The van der Waals surface area contributed by atoms with Crippen LogP contribution >= 0.6 is 0 Å². The molecule has 2 amide bonds. The van der Waals surface area contributed by atoms with E-state index in [1.54, 1.807) is 0 Å². The summed E-state index contributed by atoms with van der Waals surface area (Å²) in [7, 11) is 0. The number of β-amino-alcohol motifs (C(OH)–C–C–N with tert-alkyl or cyclic N) is 1. The summed E-state index contributed by atoms with van der Waals surface area (Å²) in [4.78, 5) is 14.2. The molecule has 0 aliphatic carbocycles. The third-order valence-electron chi connectivity index (χ3n) is 5.95. The molecule has 2 unspecified atom stereocenters. The summed E-state index contributed by atoms with van der Waals surface area (Å²) < 4.78 is 5.89. The summed E-state index contributed by atoms with van der Waals surface area (Å²) >= 11 is 0. The number of para-hydroxylation sites is 2. The number of hydrogen-bond acceptors (Lipinski definition) is 4. The van der Waals surface area contributed by atoms with Crippen molar-refractivity contribution in [3.05, 3.63) is 60.2 Å². The van der Waals surface area contributed by atoms with E-state index in [2.05, 4.69) is 37.5 Å². The van der Waals surface area contributed by atoms with Crippen LogP contribution in [0.3, 0.4) is 0 Å². The lowest BCUT2D eigenvalue weighted by molar-refractivity contribution is 0.0973. The van der Waals surface area contributed by atoms with Crippen LogP contribution in [0.15, 0.2) is 54.6 Å². The number of aryl methyl sites for hydroxylation is 1. The topological polar surface area (TPSA) is 73.8 Å². The third-order valence-corrected chi connectivity index (χ3v) is 5.95. The van der Waals surface area contributed by atoms with Gasteiger partial charge in [-0.2, -0.15) is 0 Å². The molecule has 0 aromatic heterocycles. The molecule has 1 fully saturated rings. The van der Waals surface area contributed by atoms with Gasteiger partial charge in [0.05, 0.1) is 6.04 Å². The highest BCUT2D eigenvalue weighted by atomic mass is 16.5. The predicted octanol–water partition coefficient (Wildman–Crippen LogP) is 4.13. The zero-order valence-electron chi connectivity index (χ0n) is 19.5. The van der Waals surface area contributed by atoms with Gasteiger partial charge in [-0.25, -0.2) is 4.79 Å². The molecule has 2 atom stereocenters. The molecule has 1 saturated heterocycles. The van der Waals surface area contributed by atoms with Crippen LogP contribution in [0, 0.1) is 0 Å². The number of anilines is 1. The van der Waals surface area contributed by atoms with Crippen molar-refractivity contribution < 1.29 is 14.6 Å². The Labute approximate surface area is 192 Å². The summed E-state index contributed by atoms with van der Waals surface area (Å²) in [5.74, 6) is 0.854. The van der Waals surface area contributed by atoms with E-state index in [1.165, 1.54) is 5.56 Å². The van der Waals surface area contributed by atoms with Crippen LogP contribution in [-0.2, 0) is 6.42 Å².